The average Bonchev–Trinajstić information content (AvgIpc) is 1.82. The second-order valence-electron chi connectivity index (χ2n) is 2.58. The number of hydrogen-bond acceptors (Lipinski definition) is 3. The Kier molecular flexibility index (Phi) is 4.26. The van der Waals surface area contributed by atoms with Crippen LogP contribution in [0.4, 0.5) is 0 Å². The zero-order valence-corrected chi connectivity index (χ0v) is 7.16. The molecule has 64 valence electrons. The molecule has 0 fully saturated rings. The molecule has 11 heavy (non-hydrogen) atoms. The first-order valence-electron chi connectivity index (χ1n) is 3.45. The van der Waals surface area contributed by atoms with Gasteiger partial charge in [0.25, 0.3) is 0 Å². The fourth-order valence-electron chi connectivity index (χ4n) is 0.679. The zero-order chi connectivity index (χ0) is 8.85. The molecular weight excluding hydrogens is 144 g/mol. The van der Waals surface area contributed by atoms with Gasteiger partial charge in [0.2, 0.25) is 0 Å². The quantitative estimate of drug-likeness (QED) is 0.486. The first kappa shape index (κ1) is 9.94. The minimum absolute atomic E-state index is 0.156. The number of carboxylic acids is 1. The molecular formula is C7H14N2O2. The van der Waals surface area contributed by atoms with E-state index in [1.807, 2.05) is 21.0 Å². The van der Waals surface area contributed by atoms with E-state index in [0.717, 1.165) is 5.71 Å². The summed E-state index contributed by atoms with van der Waals surface area (Å²) in [5.41, 5.74) is 0.845. The monoisotopic (exact) mass is 158 g/mol. The normalized spacial score (nSPS) is 11.4. The summed E-state index contributed by atoms with van der Waals surface area (Å²) in [6.45, 7) is 1.82. The van der Waals surface area contributed by atoms with E-state index in [-0.39, 0.29) is 6.42 Å². The number of rotatable bonds is 4. The molecule has 0 heterocycles. The van der Waals surface area contributed by atoms with Crippen LogP contribution in [-0.4, -0.2) is 35.9 Å². The third-order valence-electron chi connectivity index (χ3n) is 1.07. The predicted molar refractivity (Wildman–Crippen MR) is 43.7 cm³/mol. The predicted octanol–water partition coefficient (Wildman–Crippen LogP) is 0.789. The van der Waals surface area contributed by atoms with Gasteiger partial charge in [-0.3, -0.25) is 4.79 Å². The SMILES string of the molecule is C/C(CCC(=O)O)=N\N(C)C. The van der Waals surface area contributed by atoms with E-state index in [1.54, 1.807) is 5.01 Å². The Balaban J connectivity index is 3.68. The van der Waals surface area contributed by atoms with E-state index in [0.29, 0.717) is 6.42 Å². The summed E-state index contributed by atoms with van der Waals surface area (Å²) < 4.78 is 0. The first-order chi connectivity index (χ1) is 5.02. The first-order valence-corrected chi connectivity index (χ1v) is 3.45. The van der Waals surface area contributed by atoms with Crippen LogP contribution < -0.4 is 0 Å². The van der Waals surface area contributed by atoms with E-state index < -0.39 is 5.97 Å². The summed E-state index contributed by atoms with van der Waals surface area (Å²) in [5.74, 6) is -0.779. The summed E-state index contributed by atoms with van der Waals surface area (Å²) in [4.78, 5) is 10.1. The lowest BCUT2D eigenvalue weighted by Gasteiger charge is -2.05. The van der Waals surface area contributed by atoms with Crippen LogP contribution in [-0.2, 0) is 4.79 Å². The van der Waals surface area contributed by atoms with Crippen LogP contribution in [0.1, 0.15) is 19.8 Å². The van der Waals surface area contributed by atoms with Crippen molar-refractivity contribution >= 4 is 11.7 Å². The van der Waals surface area contributed by atoms with Crippen molar-refractivity contribution in [1.29, 1.82) is 0 Å². The molecule has 0 radical (unpaired) electrons. The van der Waals surface area contributed by atoms with Crippen LogP contribution >= 0.6 is 0 Å². The maximum atomic E-state index is 10.1. The molecule has 0 atom stereocenters. The molecule has 0 spiro atoms. The van der Waals surface area contributed by atoms with E-state index >= 15 is 0 Å². The lowest BCUT2D eigenvalue weighted by molar-refractivity contribution is -0.136. The minimum atomic E-state index is -0.779. The van der Waals surface area contributed by atoms with Gasteiger partial charge in [0, 0.05) is 19.8 Å². The summed E-state index contributed by atoms with van der Waals surface area (Å²) in [5, 5.41) is 14.0. The molecule has 0 aliphatic rings. The molecule has 0 aromatic rings. The molecule has 0 aliphatic carbocycles. The van der Waals surface area contributed by atoms with Crippen LogP contribution in [0.25, 0.3) is 0 Å². The van der Waals surface area contributed by atoms with Crippen molar-refractivity contribution in [2.24, 2.45) is 5.10 Å². The lowest BCUT2D eigenvalue weighted by Crippen LogP contribution is -2.07. The van der Waals surface area contributed by atoms with Gasteiger partial charge in [-0.25, -0.2) is 0 Å². The van der Waals surface area contributed by atoms with Crippen LogP contribution in [0.5, 0.6) is 0 Å². The van der Waals surface area contributed by atoms with Gasteiger partial charge < -0.3 is 10.1 Å². The lowest BCUT2D eigenvalue weighted by atomic mass is 10.2. The summed E-state index contributed by atoms with van der Waals surface area (Å²) >= 11 is 0. The Morgan fingerprint density at radius 2 is 2.00 bits per heavy atom. The Hall–Kier alpha value is -1.06. The molecule has 0 amide bonds. The van der Waals surface area contributed by atoms with Gasteiger partial charge in [0.1, 0.15) is 0 Å². The molecule has 4 heteroatoms. The van der Waals surface area contributed by atoms with Crippen LogP contribution in [0, 0.1) is 0 Å². The highest BCUT2D eigenvalue weighted by Crippen LogP contribution is 1.93. The van der Waals surface area contributed by atoms with E-state index in [1.165, 1.54) is 0 Å². The van der Waals surface area contributed by atoms with E-state index in [2.05, 4.69) is 5.10 Å². The molecule has 0 aromatic carbocycles. The van der Waals surface area contributed by atoms with Gasteiger partial charge >= 0.3 is 5.97 Å². The van der Waals surface area contributed by atoms with E-state index in [9.17, 15) is 4.79 Å². The second-order valence-corrected chi connectivity index (χ2v) is 2.58. The van der Waals surface area contributed by atoms with Crippen LogP contribution in [0.3, 0.4) is 0 Å². The van der Waals surface area contributed by atoms with Crippen molar-refractivity contribution in [2.45, 2.75) is 19.8 Å². The number of hydrogen-bond donors (Lipinski definition) is 1. The summed E-state index contributed by atoms with van der Waals surface area (Å²) in [6.07, 6.45) is 0.677. The highest BCUT2D eigenvalue weighted by atomic mass is 16.4. The summed E-state index contributed by atoms with van der Waals surface area (Å²) in [7, 11) is 3.62. The minimum Gasteiger partial charge on any atom is -0.481 e. The molecule has 1 N–H and O–H groups in total. The van der Waals surface area contributed by atoms with Gasteiger partial charge in [-0.15, -0.1) is 0 Å². The van der Waals surface area contributed by atoms with Gasteiger partial charge in [0.15, 0.2) is 0 Å². The molecule has 4 nitrogen and oxygen atoms in total. The Morgan fingerprint density at radius 1 is 1.45 bits per heavy atom. The standard InChI is InChI=1S/C7H14N2O2/c1-6(8-9(2)3)4-5-7(10)11/h4-5H2,1-3H3,(H,10,11)/b8-6+. The van der Waals surface area contributed by atoms with Crippen molar-refractivity contribution in [3.05, 3.63) is 0 Å². The van der Waals surface area contributed by atoms with Crippen molar-refractivity contribution in [3.8, 4) is 0 Å². The number of aliphatic carboxylic acids is 1. The zero-order valence-electron chi connectivity index (χ0n) is 7.16. The Labute approximate surface area is 66.5 Å². The van der Waals surface area contributed by atoms with Gasteiger partial charge in [0.05, 0.1) is 6.42 Å². The van der Waals surface area contributed by atoms with Gasteiger partial charge in [-0.05, 0) is 13.3 Å². The van der Waals surface area contributed by atoms with Crippen molar-refractivity contribution in [1.82, 2.24) is 5.01 Å². The fraction of sp³-hybridized carbons (Fsp3) is 0.714. The highest BCUT2D eigenvalue weighted by Gasteiger charge is 1.98. The molecule has 0 aliphatic heterocycles. The number of carboxylic acid groups (broad SMARTS) is 1. The van der Waals surface area contributed by atoms with Crippen molar-refractivity contribution in [2.75, 3.05) is 14.1 Å². The largest absolute Gasteiger partial charge is 0.481 e. The van der Waals surface area contributed by atoms with E-state index in [4.69, 9.17) is 5.11 Å². The van der Waals surface area contributed by atoms with Gasteiger partial charge in [-0.2, -0.15) is 5.10 Å². The highest BCUT2D eigenvalue weighted by molar-refractivity contribution is 5.84. The third-order valence-corrected chi connectivity index (χ3v) is 1.07. The third kappa shape index (κ3) is 6.83. The molecule has 0 unspecified atom stereocenters. The molecule has 0 rings (SSSR count). The van der Waals surface area contributed by atoms with Gasteiger partial charge in [-0.1, -0.05) is 0 Å². The average molecular weight is 158 g/mol. The molecule has 0 saturated heterocycles. The number of carbonyl (C=O) groups is 1. The smallest absolute Gasteiger partial charge is 0.303 e. The van der Waals surface area contributed by atoms with Crippen molar-refractivity contribution < 1.29 is 9.90 Å². The number of hydrazone groups is 1. The Morgan fingerprint density at radius 3 is 2.36 bits per heavy atom. The van der Waals surface area contributed by atoms with Crippen LogP contribution in [0.2, 0.25) is 0 Å². The molecule has 0 saturated carbocycles. The molecule has 0 bridgehead atoms. The summed E-state index contributed by atoms with van der Waals surface area (Å²) in [6, 6.07) is 0. The maximum absolute atomic E-state index is 10.1. The fourth-order valence-corrected chi connectivity index (χ4v) is 0.679. The van der Waals surface area contributed by atoms with Crippen molar-refractivity contribution in [3.63, 3.8) is 0 Å². The second kappa shape index (κ2) is 4.71. The maximum Gasteiger partial charge on any atom is 0.303 e. The Bertz CT molecular complexity index is 164. The molecule has 0 aromatic heterocycles. The van der Waals surface area contributed by atoms with Crippen LogP contribution in [0.15, 0.2) is 5.10 Å². The number of nitrogens with zero attached hydrogens (tertiary/aromatic N) is 2. The topological polar surface area (TPSA) is 52.9 Å².